The minimum Gasteiger partial charge on any atom is -0.475 e. The predicted molar refractivity (Wildman–Crippen MR) is 93.3 cm³/mol. The van der Waals surface area contributed by atoms with Crippen molar-refractivity contribution in [1.29, 1.82) is 0 Å². The Balaban J connectivity index is 2.16. The Labute approximate surface area is 147 Å². The lowest BCUT2D eigenvalue weighted by atomic mass is 10.1. The molecule has 2 rings (SSSR count). The standard InChI is InChI=1S/C18H23N3O4/c1-5-17(20(3)4)25-14-8-6-13(7-9-14)10-15-18(24)21(12(2)22)11-16(23)19-15/h6-10,17H,5,11H2,1-4H3,(H,19,23)/b15-10-. The third-order valence-electron chi connectivity index (χ3n) is 3.82. The summed E-state index contributed by atoms with van der Waals surface area (Å²) in [5.74, 6) is -0.639. The molecule has 1 aromatic rings. The highest BCUT2D eigenvalue weighted by atomic mass is 16.5. The summed E-state index contributed by atoms with van der Waals surface area (Å²) < 4.78 is 5.87. The van der Waals surface area contributed by atoms with Crippen LogP contribution in [0, 0.1) is 0 Å². The van der Waals surface area contributed by atoms with Crippen molar-refractivity contribution in [3.8, 4) is 5.75 Å². The van der Waals surface area contributed by atoms with Crippen LogP contribution in [0.2, 0.25) is 0 Å². The minimum absolute atomic E-state index is 0.0208. The number of amides is 3. The van der Waals surface area contributed by atoms with E-state index in [0.717, 1.165) is 16.9 Å². The highest BCUT2D eigenvalue weighted by Crippen LogP contribution is 2.18. The number of ether oxygens (including phenoxy) is 1. The van der Waals surface area contributed by atoms with Gasteiger partial charge in [-0.3, -0.25) is 24.2 Å². The summed E-state index contributed by atoms with van der Waals surface area (Å²) in [5, 5.41) is 2.51. The summed E-state index contributed by atoms with van der Waals surface area (Å²) in [5.41, 5.74) is 0.805. The monoisotopic (exact) mass is 345 g/mol. The van der Waals surface area contributed by atoms with E-state index in [1.54, 1.807) is 30.3 Å². The molecule has 1 aromatic carbocycles. The largest absolute Gasteiger partial charge is 0.475 e. The van der Waals surface area contributed by atoms with Crippen LogP contribution >= 0.6 is 0 Å². The van der Waals surface area contributed by atoms with Gasteiger partial charge in [-0.2, -0.15) is 0 Å². The van der Waals surface area contributed by atoms with Crippen molar-refractivity contribution in [2.45, 2.75) is 26.5 Å². The van der Waals surface area contributed by atoms with Gasteiger partial charge >= 0.3 is 0 Å². The molecule has 1 saturated heterocycles. The molecule has 0 aromatic heterocycles. The summed E-state index contributed by atoms with van der Waals surface area (Å²) in [6.07, 6.45) is 2.37. The van der Waals surface area contributed by atoms with Gasteiger partial charge in [0.2, 0.25) is 11.8 Å². The number of rotatable bonds is 5. The van der Waals surface area contributed by atoms with E-state index in [-0.39, 0.29) is 18.5 Å². The molecule has 0 saturated carbocycles. The van der Waals surface area contributed by atoms with E-state index < -0.39 is 17.7 Å². The third-order valence-corrected chi connectivity index (χ3v) is 3.82. The number of imide groups is 1. The SMILES string of the molecule is CCC(Oc1ccc(/C=C2\NC(=O)CN(C(C)=O)C2=O)cc1)N(C)C. The molecule has 1 unspecified atom stereocenters. The Kier molecular flexibility index (Phi) is 5.93. The van der Waals surface area contributed by atoms with Crippen LogP contribution in [0.5, 0.6) is 5.75 Å². The van der Waals surface area contributed by atoms with Crippen LogP contribution in [0.1, 0.15) is 25.8 Å². The number of piperazine rings is 1. The number of nitrogens with one attached hydrogen (secondary N) is 1. The van der Waals surface area contributed by atoms with Gasteiger partial charge in [-0.05, 0) is 44.3 Å². The molecule has 1 heterocycles. The second-order valence-electron chi connectivity index (χ2n) is 6.03. The molecule has 1 atom stereocenters. The molecular formula is C18H23N3O4. The molecule has 3 amide bonds. The van der Waals surface area contributed by atoms with Crippen LogP contribution in [0.4, 0.5) is 0 Å². The van der Waals surface area contributed by atoms with Crippen LogP contribution < -0.4 is 10.1 Å². The van der Waals surface area contributed by atoms with Gasteiger partial charge in [-0.1, -0.05) is 19.1 Å². The summed E-state index contributed by atoms with van der Waals surface area (Å²) >= 11 is 0. The van der Waals surface area contributed by atoms with Crippen molar-refractivity contribution in [2.75, 3.05) is 20.6 Å². The number of nitrogens with zero attached hydrogens (tertiary/aromatic N) is 2. The lowest BCUT2D eigenvalue weighted by Crippen LogP contribution is -2.51. The molecule has 1 aliphatic rings. The first-order chi connectivity index (χ1) is 11.8. The summed E-state index contributed by atoms with van der Waals surface area (Å²) in [6, 6.07) is 7.18. The Morgan fingerprint density at radius 2 is 1.96 bits per heavy atom. The van der Waals surface area contributed by atoms with Crippen molar-refractivity contribution >= 4 is 23.8 Å². The van der Waals surface area contributed by atoms with E-state index in [4.69, 9.17) is 4.74 Å². The summed E-state index contributed by atoms with van der Waals surface area (Å²) in [4.78, 5) is 38.3. The highest BCUT2D eigenvalue weighted by molar-refractivity contribution is 6.12. The second kappa shape index (κ2) is 7.94. The molecule has 25 heavy (non-hydrogen) atoms. The van der Waals surface area contributed by atoms with Gasteiger partial charge in [-0.25, -0.2) is 0 Å². The number of hydrogen-bond donors (Lipinski definition) is 1. The van der Waals surface area contributed by atoms with Gasteiger partial charge in [0.1, 0.15) is 18.0 Å². The summed E-state index contributed by atoms with van der Waals surface area (Å²) in [7, 11) is 3.90. The van der Waals surface area contributed by atoms with Crippen molar-refractivity contribution < 1.29 is 19.1 Å². The van der Waals surface area contributed by atoms with Gasteiger partial charge in [0.05, 0.1) is 0 Å². The van der Waals surface area contributed by atoms with Crippen molar-refractivity contribution in [2.24, 2.45) is 0 Å². The van der Waals surface area contributed by atoms with E-state index in [1.807, 2.05) is 25.9 Å². The minimum atomic E-state index is -0.508. The van der Waals surface area contributed by atoms with Crippen LogP contribution in [-0.4, -0.2) is 54.4 Å². The lowest BCUT2D eigenvalue weighted by Gasteiger charge is -2.25. The van der Waals surface area contributed by atoms with Gasteiger partial charge in [0.25, 0.3) is 5.91 Å². The number of carbonyl (C=O) groups is 3. The van der Waals surface area contributed by atoms with Crippen LogP contribution in [-0.2, 0) is 14.4 Å². The first-order valence-corrected chi connectivity index (χ1v) is 8.09. The average Bonchev–Trinajstić information content (AvgIpc) is 2.56. The quantitative estimate of drug-likeness (QED) is 0.641. The molecule has 0 radical (unpaired) electrons. The highest BCUT2D eigenvalue weighted by Gasteiger charge is 2.30. The number of hydrogen-bond acceptors (Lipinski definition) is 5. The first-order valence-electron chi connectivity index (χ1n) is 8.09. The van der Waals surface area contributed by atoms with Gasteiger partial charge < -0.3 is 10.1 Å². The molecule has 0 bridgehead atoms. The molecule has 7 nitrogen and oxygen atoms in total. The molecule has 1 fully saturated rings. The molecule has 7 heteroatoms. The fraction of sp³-hybridized carbons (Fsp3) is 0.389. The Bertz CT molecular complexity index is 695. The maximum absolute atomic E-state index is 12.2. The van der Waals surface area contributed by atoms with E-state index >= 15 is 0 Å². The van der Waals surface area contributed by atoms with Crippen molar-refractivity contribution in [3.63, 3.8) is 0 Å². The Morgan fingerprint density at radius 1 is 1.32 bits per heavy atom. The zero-order valence-electron chi connectivity index (χ0n) is 14.9. The van der Waals surface area contributed by atoms with Gasteiger partial charge in [0, 0.05) is 6.92 Å². The smallest absolute Gasteiger partial charge is 0.277 e. The van der Waals surface area contributed by atoms with E-state index in [0.29, 0.717) is 5.75 Å². The predicted octanol–water partition coefficient (Wildman–Crippen LogP) is 1.21. The molecular weight excluding hydrogens is 322 g/mol. The fourth-order valence-corrected chi connectivity index (χ4v) is 2.48. The summed E-state index contributed by atoms with van der Waals surface area (Å²) in [6.45, 7) is 3.05. The third kappa shape index (κ3) is 4.67. The fourth-order valence-electron chi connectivity index (χ4n) is 2.48. The van der Waals surface area contributed by atoms with Crippen LogP contribution in [0.3, 0.4) is 0 Å². The zero-order chi connectivity index (χ0) is 18.6. The zero-order valence-corrected chi connectivity index (χ0v) is 14.9. The topological polar surface area (TPSA) is 79.0 Å². The second-order valence-corrected chi connectivity index (χ2v) is 6.03. The molecule has 0 aliphatic carbocycles. The average molecular weight is 345 g/mol. The molecule has 1 aliphatic heterocycles. The molecule has 0 spiro atoms. The van der Waals surface area contributed by atoms with E-state index in [9.17, 15) is 14.4 Å². The van der Waals surface area contributed by atoms with Crippen molar-refractivity contribution in [3.05, 3.63) is 35.5 Å². The maximum atomic E-state index is 12.2. The number of benzene rings is 1. The first kappa shape index (κ1) is 18.7. The van der Waals surface area contributed by atoms with Gasteiger partial charge in [-0.15, -0.1) is 0 Å². The van der Waals surface area contributed by atoms with E-state index in [2.05, 4.69) is 5.32 Å². The van der Waals surface area contributed by atoms with Crippen molar-refractivity contribution in [1.82, 2.24) is 15.1 Å². The Hall–Kier alpha value is -2.67. The van der Waals surface area contributed by atoms with Crippen LogP contribution in [0.25, 0.3) is 6.08 Å². The maximum Gasteiger partial charge on any atom is 0.277 e. The normalized spacial score (nSPS) is 17.6. The molecule has 1 N–H and O–H groups in total. The number of carbonyl (C=O) groups excluding carboxylic acids is 3. The molecule has 134 valence electrons. The van der Waals surface area contributed by atoms with E-state index in [1.165, 1.54) is 6.92 Å². The van der Waals surface area contributed by atoms with Gasteiger partial charge in [0.15, 0.2) is 6.23 Å². The lowest BCUT2D eigenvalue weighted by molar-refractivity contribution is -0.147. The Morgan fingerprint density at radius 3 is 2.48 bits per heavy atom. The van der Waals surface area contributed by atoms with Crippen LogP contribution in [0.15, 0.2) is 30.0 Å².